The maximum absolute atomic E-state index is 2.42. The molecule has 102 valence electrons. The first kappa shape index (κ1) is 13.9. The maximum atomic E-state index is 2.42. The number of benzene rings is 1. The van der Waals surface area contributed by atoms with E-state index in [-0.39, 0.29) is 0 Å². The predicted octanol–water partition coefficient (Wildman–Crippen LogP) is 3.58. The van der Waals surface area contributed by atoms with Gasteiger partial charge in [0.25, 0.3) is 5.82 Å². The van der Waals surface area contributed by atoms with E-state index in [4.69, 9.17) is 0 Å². The fourth-order valence-electron chi connectivity index (χ4n) is 2.50. The molecule has 1 aromatic carbocycles. The van der Waals surface area contributed by atoms with Crippen molar-refractivity contribution in [3.8, 4) is 0 Å². The van der Waals surface area contributed by atoms with Crippen molar-refractivity contribution in [2.45, 2.75) is 52.6 Å². The van der Waals surface area contributed by atoms with Crippen molar-refractivity contribution in [3.63, 3.8) is 0 Å². The summed E-state index contributed by atoms with van der Waals surface area (Å²) in [7, 11) is 0. The largest absolute Gasteiger partial charge is 0.260 e. The number of unbranched alkanes of at least 4 members (excludes halogenated alkanes) is 2. The van der Waals surface area contributed by atoms with E-state index in [1.165, 1.54) is 30.7 Å². The minimum Gasteiger partial charge on any atom is -0.234 e. The van der Waals surface area contributed by atoms with E-state index in [1.807, 2.05) is 0 Å². The Morgan fingerprint density at radius 2 is 1.84 bits per heavy atom. The third-order valence-corrected chi connectivity index (χ3v) is 3.64. The van der Waals surface area contributed by atoms with Crippen LogP contribution in [0.5, 0.6) is 0 Å². The Labute approximate surface area is 116 Å². The summed E-state index contributed by atoms with van der Waals surface area (Å²) < 4.78 is 4.78. The maximum Gasteiger partial charge on any atom is 0.260 e. The molecule has 1 aromatic heterocycles. The van der Waals surface area contributed by atoms with Gasteiger partial charge in [-0.3, -0.25) is 0 Å². The molecule has 0 amide bonds. The van der Waals surface area contributed by atoms with Crippen molar-refractivity contribution >= 4 is 0 Å². The molecular weight excluding hydrogens is 232 g/mol. The van der Waals surface area contributed by atoms with Gasteiger partial charge in [-0.25, -0.2) is 9.13 Å². The van der Waals surface area contributed by atoms with Crippen molar-refractivity contribution in [1.29, 1.82) is 0 Å². The van der Waals surface area contributed by atoms with Crippen LogP contribution >= 0.6 is 0 Å². The molecule has 0 aliphatic rings. The van der Waals surface area contributed by atoms with Crippen LogP contribution in [-0.2, 0) is 19.5 Å². The van der Waals surface area contributed by atoms with Crippen LogP contribution in [0.4, 0.5) is 0 Å². The molecule has 0 spiro atoms. The molecule has 2 rings (SSSR count). The molecule has 0 radical (unpaired) electrons. The van der Waals surface area contributed by atoms with Gasteiger partial charge in [-0.15, -0.1) is 0 Å². The third-order valence-electron chi connectivity index (χ3n) is 3.64. The van der Waals surface area contributed by atoms with E-state index in [2.05, 4.69) is 65.7 Å². The molecule has 2 heteroatoms. The molecule has 0 saturated heterocycles. The molecule has 0 bridgehead atoms. The highest BCUT2D eigenvalue weighted by molar-refractivity contribution is 5.18. The average molecular weight is 257 g/mol. The lowest BCUT2D eigenvalue weighted by Crippen LogP contribution is -2.37. The van der Waals surface area contributed by atoms with E-state index < -0.39 is 0 Å². The zero-order valence-electron chi connectivity index (χ0n) is 12.2. The molecular formula is C17H25N2+. The van der Waals surface area contributed by atoms with Crippen molar-refractivity contribution in [1.82, 2.24) is 4.57 Å². The second-order valence-corrected chi connectivity index (χ2v) is 5.06. The number of imidazole rings is 1. The van der Waals surface area contributed by atoms with Crippen molar-refractivity contribution < 1.29 is 4.57 Å². The van der Waals surface area contributed by atoms with Gasteiger partial charge in [0.05, 0.1) is 19.5 Å². The Hall–Kier alpha value is -1.57. The summed E-state index contributed by atoms with van der Waals surface area (Å²) in [4.78, 5) is 0. The van der Waals surface area contributed by atoms with Gasteiger partial charge in [0.15, 0.2) is 0 Å². The molecule has 2 nitrogen and oxygen atoms in total. The molecule has 1 heterocycles. The van der Waals surface area contributed by atoms with Crippen LogP contribution < -0.4 is 4.57 Å². The standard InChI is InChI=1S/C17H25N2/c1-3-5-9-12-19-14-13-18(4-2)17(19)15-16-10-7-6-8-11-16/h6-8,10-11,13-14H,3-5,9,12,15H2,1-2H3/q+1. The number of aromatic nitrogens is 2. The van der Waals surface area contributed by atoms with E-state index in [9.17, 15) is 0 Å². The van der Waals surface area contributed by atoms with Gasteiger partial charge in [-0.05, 0) is 25.3 Å². The molecule has 0 N–H and O–H groups in total. The van der Waals surface area contributed by atoms with E-state index >= 15 is 0 Å². The normalized spacial score (nSPS) is 10.8. The van der Waals surface area contributed by atoms with Crippen LogP contribution in [0.15, 0.2) is 42.7 Å². The molecule has 0 aliphatic heterocycles. The quantitative estimate of drug-likeness (QED) is 0.529. The first-order valence-electron chi connectivity index (χ1n) is 7.46. The third kappa shape index (κ3) is 3.69. The lowest BCUT2D eigenvalue weighted by atomic mass is 10.1. The summed E-state index contributed by atoms with van der Waals surface area (Å²) in [5.41, 5.74) is 1.39. The summed E-state index contributed by atoms with van der Waals surface area (Å²) in [5, 5.41) is 0. The van der Waals surface area contributed by atoms with Gasteiger partial charge in [-0.2, -0.15) is 0 Å². The van der Waals surface area contributed by atoms with Crippen molar-refractivity contribution in [3.05, 3.63) is 54.1 Å². The minimum atomic E-state index is 1.02. The van der Waals surface area contributed by atoms with Crippen molar-refractivity contribution in [2.75, 3.05) is 0 Å². The van der Waals surface area contributed by atoms with Crippen LogP contribution in [-0.4, -0.2) is 4.57 Å². The highest BCUT2D eigenvalue weighted by atomic mass is 15.1. The Morgan fingerprint density at radius 3 is 2.53 bits per heavy atom. The zero-order chi connectivity index (χ0) is 13.5. The van der Waals surface area contributed by atoms with Crippen LogP contribution in [0.1, 0.15) is 44.5 Å². The van der Waals surface area contributed by atoms with Gasteiger partial charge in [0, 0.05) is 0 Å². The van der Waals surface area contributed by atoms with E-state index in [0.29, 0.717) is 0 Å². The van der Waals surface area contributed by atoms with E-state index in [1.54, 1.807) is 0 Å². The predicted molar refractivity (Wildman–Crippen MR) is 79.1 cm³/mol. The lowest BCUT2D eigenvalue weighted by Gasteiger charge is -2.04. The van der Waals surface area contributed by atoms with Gasteiger partial charge in [-0.1, -0.05) is 43.7 Å². The number of aryl methyl sites for hydroxylation is 2. The Balaban J connectivity index is 2.14. The summed E-state index contributed by atoms with van der Waals surface area (Å²) in [6.07, 6.45) is 9.34. The smallest absolute Gasteiger partial charge is 0.234 e. The second kappa shape index (κ2) is 7.13. The topological polar surface area (TPSA) is 8.81 Å². The minimum absolute atomic E-state index is 1.02. The highest BCUT2D eigenvalue weighted by Crippen LogP contribution is 2.07. The Bertz CT molecular complexity index is 485. The molecule has 2 aromatic rings. The molecule has 19 heavy (non-hydrogen) atoms. The second-order valence-electron chi connectivity index (χ2n) is 5.06. The SMILES string of the molecule is CCCCC[n+]1ccn(CC)c1Cc1ccccc1. The van der Waals surface area contributed by atoms with Gasteiger partial charge < -0.3 is 0 Å². The summed E-state index contributed by atoms with van der Waals surface area (Å²) in [6, 6.07) is 10.7. The first-order valence-corrected chi connectivity index (χ1v) is 7.46. The number of hydrogen-bond donors (Lipinski definition) is 0. The summed E-state index contributed by atoms with van der Waals surface area (Å²) in [6.45, 7) is 6.66. The van der Waals surface area contributed by atoms with Crippen molar-refractivity contribution in [2.24, 2.45) is 0 Å². The number of nitrogens with zero attached hydrogens (tertiary/aromatic N) is 2. The fourth-order valence-corrected chi connectivity index (χ4v) is 2.50. The van der Waals surface area contributed by atoms with Crippen LogP contribution in [0.25, 0.3) is 0 Å². The Morgan fingerprint density at radius 1 is 1.05 bits per heavy atom. The molecule has 0 unspecified atom stereocenters. The Kier molecular flexibility index (Phi) is 5.20. The summed E-state index contributed by atoms with van der Waals surface area (Å²) in [5.74, 6) is 1.42. The monoisotopic (exact) mass is 257 g/mol. The van der Waals surface area contributed by atoms with Gasteiger partial charge in [0.1, 0.15) is 12.4 Å². The lowest BCUT2D eigenvalue weighted by molar-refractivity contribution is -0.703. The van der Waals surface area contributed by atoms with Crippen LogP contribution in [0.2, 0.25) is 0 Å². The number of rotatable bonds is 7. The van der Waals surface area contributed by atoms with Gasteiger partial charge >= 0.3 is 0 Å². The van der Waals surface area contributed by atoms with Crippen LogP contribution in [0.3, 0.4) is 0 Å². The highest BCUT2D eigenvalue weighted by Gasteiger charge is 2.15. The van der Waals surface area contributed by atoms with Gasteiger partial charge in [0.2, 0.25) is 0 Å². The fraction of sp³-hybridized carbons (Fsp3) is 0.471. The zero-order valence-corrected chi connectivity index (χ0v) is 12.2. The van der Waals surface area contributed by atoms with E-state index in [0.717, 1.165) is 19.5 Å². The van der Waals surface area contributed by atoms with Crippen LogP contribution in [0, 0.1) is 0 Å². The number of hydrogen-bond acceptors (Lipinski definition) is 0. The molecule has 0 atom stereocenters. The molecule has 0 saturated carbocycles. The molecule has 0 fully saturated rings. The molecule has 0 aliphatic carbocycles. The first-order chi connectivity index (χ1) is 9.35. The summed E-state index contributed by atoms with van der Waals surface area (Å²) >= 11 is 0. The average Bonchev–Trinajstić information content (AvgIpc) is 2.83.